The summed E-state index contributed by atoms with van der Waals surface area (Å²) in [6.45, 7) is 2.80. The van der Waals surface area contributed by atoms with Crippen molar-refractivity contribution in [1.29, 1.82) is 0 Å². The summed E-state index contributed by atoms with van der Waals surface area (Å²) in [4.78, 5) is 14.5. The van der Waals surface area contributed by atoms with Gasteiger partial charge < -0.3 is 0 Å². The highest BCUT2D eigenvalue weighted by Crippen LogP contribution is 2.24. The zero-order valence-electron chi connectivity index (χ0n) is 11.4. The Kier molecular flexibility index (Phi) is 5.29. The van der Waals surface area contributed by atoms with E-state index in [4.69, 9.17) is 23.2 Å². The Labute approximate surface area is 128 Å². The second-order valence-corrected chi connectivity index (χ2v) is 5.56. The van der Waals surface area contributed by atoms with Gasteiger partial charge in [-0.3, -0.25) is 19.9 Å². The maximum atomic E-state index is 6.14. The van der Waals surface area contributed by atoms with Gasteiger partial charge in [-0.05, 0) is 14.0 Å². The van der Waals surface area contributed by atoms with Crippen LogP contribution in [0.25, 0.3) is 0 Å². The molecule has 0 amide bonds. The zero-order chi connectivity index (χ0) is 14.5. The maximum absolute atomic E-state index is 6.14. The van der Waals surface area contributed by atoms with Crippen molar-refractivity contribution in [2.75, 3.05) is 7.05 Å². The molecule has 20 heavy (non-hydrogen) atoms. The van der Waals surface area contributed by atoms with Crippen molar-refractivity contribution in [3.05, 3.63) is 52.3 Å². The van der Waals surface area contributed by atoms with Gasteiger partial charge >= 0.3 is 0 Å². The van der Waals surface area contributed by atoms with Crippen molar-refractivity contribution >= 4 is 23.2 Å². The number of pyridine rings is 1. The van der Waals surface area contributed by atoms with Crippen LogP contribution in [0.1, 0.15) is 18.2 Å². The first-order valence-corrected chi connectivity index (χ1v) is 7.06. The summed E-state index contributed by atoms with van der Waals surface area (Å²) in [5.74, 6) is 0. The van der Waals surface area contributed by atoms with Crippen LogP contribution in [0.3, 0.4) is 0 Å². The summed E-state index contributed by atoms with van der Waals surface area (Å²) in [5, 5.41) is 1.19. The Bertz CT molecular complexity index is 542. The van der Waals surface area contributed by atoms with Gasteiger partial charge in [0.15, 0.2) is 0 Å². The highest BCUT2D eigenvalue weighted by molar-refractivity contribution is 6.35. The molecule has 2 heterocycles. The van der Waals surface area contributed by atoms with Crippen molar-refractivity contribution in [1.82, 2.24) is 19.9 Å². The van der Waals surface area contributed by atoms with Crippen LogP contribution in [0.4, 0.5) is 0 Å². The number of hydrogen-bond acceptors (Lipinski definition) is 4. The van der Waals surface area contributed by atoms with Crippen LogP contribution >= 0.6 is 23.2 Å². The Balaban J connectivity index is 2.02. The standard InChI is InChI=1S/C14H16Cl2N4/c1-10(5-11-6-17-3-4-19-11)20(2)9-12-13(15)7-18-8-14(12)16/h3-4,6-8,10H,5,9H2,1-2H3/t10-/m0/s1. The quantitative estimate of drug-likeness (QED) is 0.850. The minimum atomic E-state index is 0.298. The minimum Gasteiger partial charge on any atom is -0.299 e. The summed E-state index contributed by atoms with van der Waals surface area (Å²) in [7, 11) is 2.04. The van der Waals surface area contributed by atoms with Crippen molar-refractivity contribution in [3.63, 3.8) is 0 Å². The van der Waals surface area contributed by atoms with Crippen molar-refractivity contribution < 1.29 is 0 Å². The van der Waals surface area contributed by atoms with Crippen LogP contribution in [-0.2, 0) is 13.0 Å². The van der Waals surface area contributed by atoms with Crippen LogP contribution < -0.4 is 0 Å². The molecule has 2 aromatic heterocycles. The van der Waals surface area contributed by atoms with Crippen LogP contribution in [0.15, 0.2) is 31.0 Å². The van der Waals surface area contributed by atoms with Crippen LogP contribution in [-0.4, -0.2) is 32.9 Å². The van der Waals surface area contributed by atoms with Gasteiger partial charge in [0.2, 0.25) is 0 Å². The Morgan fingerprint density at radius 3 is 2.40 bits per heavy atom. The fourth-order valence-electron chi connectivity index (χ4n) is 1.89. The number of nitrogens with zero attached hydrogens (tertiary/aromatic N) is 4. The van der Waals surface area contributed by atoms with Gasteiger partial charge in [-0.1, -0.05) is 23.2 Å². The largest absolute Gasteiger partial charge is 0.299 e. The van der Waals surface area contributed by atoms with Crippen LogP contribution in [0, 0.1) is 0 Å². The van der Waals surface area contributed by atoms with E-state index in [0.717, 1.165) is 17.7 Å². The molecule has 0 spiro atoms. The van der Waals surface area contributed by atoms with E-state index < -0.39 is 0 Å². The molecule has 0 aliphatic heterocycles. The number of hydrogen-bond donors (Lipinski definition) is 0. The fraction of sp³-hybridized carbons (Fsp3) is 0.357. The van der Waals surface area contributed by atoms with Gasteiger partial charge in [-0.15, -0.1) is 0 Å². The van der Waals surface area contributed by atoms with Crippen LogP contribution in [0.2, 0.25) is 10.0 Å². The minimum absolute atomic E-state index is 0.298. The third-order valence-corrected chi connectivity index (χ3v) is 3.88. The van der Waals surface area contributed by atoms with E-state index in [2.05, 4.69) is 26.8 Å². The zero-order valence-corrected chi connectivity index (χ0v) is 12.9. The molecule has 0 N–H and O–H groups in total. The molecule has 4 nitrogen and oxygen atoms in total. The molecule has 0 aromatic carbocycles. The van der Waals surface area contributed by atoms with Gasteiger partial charge in [-0.25, -0.2) is 0 Å². The maximum Gasteiger partial charge on any atom is 0.0649 e. The number of halogens is 2. The second-order valence-electron chi connectivity index (χ2n) is 4.75. The molecular weight excluding hydrogens is 295 g/mol. The molecule has 0 aliphatic carbocycles. The molecule has 0 radical (unpaired) electrons. The lowest BCUT2D eigenvalue weighted by Gasteiger charge is -2.25. The summed E-state index contributed by atoms with van der Waals surface area (Å²) in [6.07, 6.45) is 9.22. The predicted octanol–water partition coefficient (Wildman–Crippen LogP) is 3.24. The van der Waals surface area contributed by atoms with Gasteiger partial charge in [0, 0.05) is 55.6 Å². The second kappa shape index (κ2) is 6.97. The summed E-state index contributed by atoms with van der Waals surface area (Å²) < 4.78 is 0. The molecule has 0 saturated heterocycles. The van der Waals surface area contributed by atoms with Crippen LogP contribution in [0.5, 0.6) is 0 Å². The third kappa shape index (κ3) is 3.88. The first-order valence-electron chi connectivity index (χ1n) is 6.31. The number of rotatable bonds is 5. The third-order valence-electron chi connectivity index (χ3n) is 3.23. The predicted molar refractivity (Wildman–Crippen MR) is 80.9 cm³/mol. The highest BCUT2D eigenvalue weighted by Gasteiger charge is 2.15. The Hall–Kier alpha value is -1.23. The molecule has 0 fully saturated rings. The normalized spacial score (nSPS) is 12.7. The van der Waals surface area contributed by atoms with Crippen molar-refractivity contribution in [2.24, 2.45) is 0 Å². The first kappa shape index (κ1) is 15.2. The molecule has 0 aliphatic rings. The van der Waals surface area contributed by atoms with Gasteiger partial charge in [0.1, 0.15) is 0 Å². The van der Waals surface area contributed by atoms with E-state index in [9.17, 15) is 0 Å². The van der Waals surface area contributed by atoms with E-state index in [1.807, 2.05) is 7.05 Å². The van der Waals surface area contributed by atoms with E-state index >= 15 is 0 Å². The van der Waals surface area contributed by atoms with Crippen molar-refractivity contribution in [3.8, 4) is 0 Å². The summed E-state index contributed by atoms with van der Waals surface area (Å²) >= 11 is 12.3. The lowest BCUT2D eigenvalue weighted by Crippen LogP contribution is -2.31. The van der Waals surface area contributed by atoms with E-state index in [1.54, 1.807) is 31.0 Å². The molecule has 2 rings (SSSR count). The topological polar surface area (TPSA) is 41.9 Å². The smallest absolute Gasteiger partial charge is 0.0649 e. The molecule has 1 atom stereocenters. The average molecular weight is 311 g/mol. The lowest BCUT2D eigenvalue weighted by atomic mass is 10.1. The first-order chi connectivity index (χ1) is 9.58. The fourth-order valence-corrected chi connectivity index (χ4v) is 2.37. The Morgan fingerprint density at radius 2 is 1.80 bits per heavy atom. The van der Waals surface area contributed by atoms with Gasteiger partial charge in [0.25, 0.3) is 0 Å². The number of likely N-dealkylation sites (N-methyl/N-ethyl adjacent to an activating group) is 1. The van der Waals surface area contributed by atoms with Gasteiger partial charge in [-0.2, -0.15) is 0 Å². The molecule has 0 saturated carbocycles. The summed E-state index contributed by atoms with van der Waals surface area (Å²) in [6, 6.07) is 0.298. The highest BCUT2D eigenvalue weighted by atomic mass is 35.5. The molecule has 2 aromatic rings. The molecule has 0 bridgehead atoms. The lowest BCUT2D eigenvalue weighted by molar-refractivity contribution is 0.247. The van der Waals surface area contributed by atoms with Crippen molar-refractivity contribution in [2.45, 2.75) is 25.9 Å². The molecule has 6 heteroatoms. The Morgan fingerprint density at radius 1 is 1.10 bits per heavy atom. The molecule has 106 valence electrons. The van der Waals surface area contributed by atoms with E-state index in [1.165, 1.54) is 0 Å². The molecular formula is C14H16Cl2N4. The number of aromatic nitrogens is 3. The van der Waals surface area contributed by atoms with Gasteiger partial charge in [0.05, 0.1) is 15.7 Å². The molecule has 0 unspecified atom stereocenters. The van der Waals surface area contributed by atoms with E-state index in [0.29, 0.717) is 22.6 Å². The van der Waals surface area contributed by atoms with E-state index in [-0.39, 0.29) is 0 Å². The summed E-state index contributed by atoms with van der Waals surface area (Å²) in [5.41, 5.74) is 1.87. The average Bonchev–Trinajstić information content (AvgIpc) is 2.44. The monoisotopic (exact) mass is 310 g/mol. The SMILES string of the molecule is C[C@@H](Cc1cnccn1)N(C)Cc1c(Cl)cncc1Cl.